The van der Waals surface area contributed by atoms with Crippen molar-refractivity contribution in [1.82, 2.24) is 19.8 Å². The highest BCUT2D eigenvalue weighted by Gasteiger charge is 2.38. The van der Waals surface area contributed by atoms with Crippen LogP contribution < -0.4 is 10.2 Å². The predicted octanol–water partition coefficient (Wildman–Crippen LogP) is 2.85. The summed E-state index contributed by atoms with van der Waals surface area (Å²) in [6.45, 7) is 11.6. The first-order chi connectivity index (χ1) is 17.6. The van der Waals surface area contributed by atoms with Crippen LogP contribution in [0.25, 0.3) is 0 Å². The second kappa shape index (κ2) is 11.3. The van der Waals surface area contributed by atoms with Gasteiger partial charge in [0.05, 0.1) is 6.10 Å². The van der Waals surface area contributed by atoms with Crippen molar-refractivity contribution in [1.29, 1.82) is 0 Å². The van der Waals surface area contributed by atoms with Crippen LogP contribution >= 0.6 is 0 Å². The number of hydrogen-bond acceptors (Lipinski definition) is 9. The molecule has 1 aromatic heterocycles. The maximum atomic E-state index is 12.3. The lowest BCUT2D eigenvalue weighted by atomic mass is 10.1. The Morgan fingerprint density at radius 3 is 2.49 bits per heavy atom. The van der Waals surface area contributed by atoms with E-state index in [0.29, 0.717) is 31.4 Å². The van der Waals surface area contributed by atoms with Crippen LogP contribution in [0.15, 0.2) is 36.5 Å². The minimum absolute atomic E-state index is 0.120. The number of cyclic esters (lactones) is 1. The van der Waals surface area contributed by atoms with Crippen LogP contribution in [0.5, 0.6) is 0 Å². The first-order valence-corrected chi connectivity index (χ1v) is 12.6. The molecule has 11 nitrogen and oxygen atoms in total. The number of nitrogens with one attached hydrogen (secondary N) is 1. The number of benzene rings is 1. The van der Waals surface area contributed by atoms with Crippen LogP contribution in [-0.4, -0.2) is 87.6 Å². The Kier molecular flexibility index (Phi) is 8.13. The number of anilines is 2. The van der Waals surface area contributed by atoms with E-state index in [1.165, 1.54) is 10.5 Å². The highest BCUT2D eigenvalue weighted by atomic mass is 16.6. The molecule has 1 aromatic carbocycles. The smallest absolute Gasteiger partial charge is 0.416 e. The van der Waals surface area contributed by atoms with Gasteiger partial charge in [-0.05, 0) is 44.9 Å². The summed E-state index contributed by atoms with van der Waals surface area (Å²) in [6, 6.07) is 9.46. The Bertz CT molecular complexity index is 1080. The van der Waals surface area contributed by atoms with E-state index in [2.05, 4.69) is 44.5 Å². The van der Waals surface area contributed by atoms with Gasteiger partial charge in [0, 0.05) is 45.5 Å². The first-order valence-electron chi connectivity index (χ1n) is 12.6. The van der Waals surface area contributed by atoms with E-state index in [4.69, 9.17) is 9.47 Å². The molecule has 0 saturated carbocycles. The molecule has 2 saturated heterocycles. The number of ether oxygens (including phenoxy) is 2. The zero-order valence-corrected chi connectivity index (χ0v) is 21.9. The molecule has 3 heterocycles. The van der Waals surface area contributed by atoms with E-state index in [0.717, 1.165) is 25.2 Å². The number of aliphatic hydroxyl groups is 1. The number of carbonyl (C=O) groups is 2. The van der Waals surface area contributed by atoms with Crippen molar-refractivity contribution < 1.29 is 24.2 Å². The molecule has 200 valence electrons. The van der Waals surface area contributed by atoms with Crippen LogP contribution in [0.4, 0.5) is 21.4 Å². The Morgan fingerprint density at radius 2 is 1.84 bits per heavy atom. The summed E-state index contributed by atoms with van der Waals surface area (Å²) in [5.74, 6) is 0.765. The van der Waals surface area contributed by atoms with Crippen LogP contribution in [0.1, 0.15) is 38.8 Å². The van der Waals surface area contributed by atoms with Gasteiger partial charge in [-0.25, -0.2) is 14.6 Å². The van der Waals surface area contributed by atoms with Crippen molar-refractivity contribution in [2.75, 3.05) is 43.0 Å². The van der Waals surface area contributed by atoms with E-state index in [9.17, 15) is 14.7 Å². The molecule has 0 spiro atoms. The van der Waals surface area contributed by atoms with Gasteiger partial charge in [0.2, 0.25) is 5.95 Å². The second-order valence-corrected chi connectivity index (χ2v) is 10.4. The zero-order chi connectivity index (χ0) is 26.6. The second-order valence-electron chi connectivity index (χ2n) is 10.4. The van der Waals surface area contributed by atoms with E-state index in [1.54, 1.807) is 24.1 Å². The molecule has 2 unspecified atom stereocenters. The molecule has 37 heavy (non-hydrogen) atoms. The van der Waals surface area contributed by atoms with Crippen molar-refractivity contribution in [2.45, 2.75) is 58.5 Å². The molecule has 2 amide bonds. The highest BCUT2D eigenvalue weighted by Crippen LogP contribution is 2.24. The number of aliphatic hydroxyl groups excluding tert-OH is 1. The van der Waals surface area contributed by atoms with Gasteiger partial charge in [-0.1, -0.05) is 24.3 Å². The predicted molar refractivity (Wildman–Crippen MR) is 138 cm³/mol. The molecule has 2 aliphatic rings. The SMILES string of the molecule is CC(O)C1COC(=O)N1c1ccnc(NCc2ccc(CN3CCN(C(=O)OC(C)(C)C)CC3)cc2)n1. The fraction of sp³-hybridized carbons (Fsp3) is 0.538. The first kappa shape index (κ1) is 26.6. The molecule has 0 radical (unpaired) electrons. The topological polar surface area (TPSA) is 120 Å². The summed E-state index contributed by atoms with van der Waals surface area (Å²) in [5.41, 5.74) is 1.78. The van der Waals surface area contributed by atoms with Crippen LogP contribution in [0.2, 0.25) is 0 Å². The fourth-order valence-corrected chi connectivity index (χ4v) is 4.24. The summed E-state index contributed by atoms with van der Waals surface area (Å²) in [4.78, 5) is 38.5. The average molecular weight is 513 g/mol. The van der Waals surface area contributed by atoms with Crippen LogP contribution in [0, 0.1) is 0 Å². The lowest BCUT2D eigenvalue weighted by Gasteiger charge is -2.35. The molecule has 2 aromatic rings. The van der Waals surface area contributed by atoms with Crippen molar-refractivity contribution in [3.05, 3.63) is 47.7 Å². The summed E-state index contributed by atoms with van der Waals surface area (Å²) in [5, 5.41) is 13.2. The van der Waals surface area contributed by atoms with Crippen LogP contribution in [-0.2, 0) is 22.6 Å². The van der Waals surface area contributed by atoms with Gasteiger partial charge < -0.3 is 24.8 Å². The summed E-state index contributed by atoms with van der Waals surface area (Å²) in [6.07, 6.45) is 0.0466. The normalized spacial score (nSPS) is 19.5. The maximum absolute atomic E-state index is 12.3. The lowest BCUT2D eigenvalue weighted by Crippen LogP contribution is -2.49. The lowest BCUT2D eigenvalue weighted by molar-refractivity contribution is 0.0139. The zero-order valence-electron chi connectivity index (χ0n) is 21.9. The van der Waals surface area contributed by atoms with E-state index in [1.807, 2.05) is 20.8 Å². The Hall–Kier alpha value is -3.44. The minimum atomic E-state index is -0.745. The van der Waals surface area contributed by atoms with Crippen LogP contribution in [0.3, 0.4) is 0 Å². The van der Waals surface area contributed by atoms with E-state index >= 15 is 0 Å². The van der Waals surface area contributed by atoms with Gasteiger partial charge in [0.25, 0.3) is 0 Å². The molecule has 11 heteroatoms. The third-order valence-electron chi connectivity index (χ3n) is 6.25. The van der Waals surface area contributed by atoms with Gasteiger partial charge in [-0.2, -0.15) is 4.98 Å². The monoisotopic (exact) mass is 512 g/mol. The number of piperazine rings is 1. The molecule has 2 N–H and O–H groups in total. The Balaban J connectivity index is 1.26. The maximum Gasteiger partial charge on any atom is 0.416 e. The molecular weight excluding hydrogens is 476 g/mol. The number of hydrogen-bond donors (Lipinski definition) is 2. The third kappa shape index (κ3) is 7.07. The van der Waals surface area contributed by atoms with Crippen molar-refractivity contribution in [2.24, 2.45) is 0 Å². The Labute approximate surface area is 217 Å². The van der Waals surface area contributed by atoms with Gasteiger partial charge in [-0.15, -0.1) is 0 Å². The molecule has 2 atom stereocenters. The fourth-order valence-electron chi connectivity index (χ4n) is 4.24. The number of carbonyl (C=O) groups excluding carboxylic acids is 2. The number of rotatable bonds is 7. The molecule has 0 bridgehead atoms. The third-order valence-corrected chi connectivity index (χ3v) is 6.25. The number of nitrogens with zero attached hydrogens (tertiary/aromatic N) is 5. The van der Waals surface area contributed by atoms with Gasteiger partial charge in [-0.3, -0.25) is 9.80 Å². The van der Waals surface area contributed by atoms with Crippen molar-refractivity contribution in [3.63, 3.8) is 0 Å². The summed E-state index contributed by atoms with van der Waals surface area (Å²) in [7, 11) is 0. The average Bonchev–Trinajstić information content (AvgIpc) is 3.25. The van der Waals surface area contributed by atoms with Gasteiger partial charge in [0.1, 0.15) is 24.1 Å². The number of aromatic nitrogens is 2. The highest BCUT2D eigenvalue weighted by molar-refractivity contribution is 5.89. The molecule has 2 aliphatic heterocycles. The minimum Gasteiger partial charge on any atom is -0.447 e. The summed E-state index contributed by atoms with van der Waals surface area (Å²) < 4.78 is 10.6. The quantitative estimate of drug-likeness (QED) is 0.577. The van der Waals surface area contributed by atoms with Gasteiger partial charge in [0.15, 0.2) is 0 Å². The molecular formula is C26H36N6O5. The Morgan fingerprint density at radius 1 is 1.16 bits per heavy atom. The molecule has 4 rings (SSSR count). The van der Waals surface area contributed by atoms with Crippen molar-refractivity contribution in [3.8, 4) is 0 Å². The van der Waals surface area contributed by atoms with Crippen molar-refractivity contribution >= 4 is 24.0 Å². The molecule has 2 fully saturated rings. The largest absolute Gasteiger partial charge is 0.447 e. The van der Waals surface area contributed by atoms with Gasteiger partial charge >= 0.3 is 12.2 Å². The standard InChI is InChI=1S/C26H36N6O5/c1-18(33)21-17-36-25(35)32(21)22-9-10-27-23(29-22)28-15-19-5-7-20(8-6-19)16-30-11-13-31(14-12-30)24(34)37-26(2,3)4/h5-10,18,21,33H,11-17H2,1-4H3,(H,27,28,29). The van der Waals surface area contributed by atoms with E-state index in [-0.39, 0.29) is 12.7 Å². The molecule has 0 aliphatic carbocycles. The van der Waals surface area contributed by atoms with E-state index < -0.39 is 23.8 Å². The number of amides is 2. The summed E-state index contributed by atoms with van der Waals surface area (Å²) >= 11 is 0.